The van der Waals surface area contributed by atoms with Gasteiger partial charge in [-0.3, -0.25) is 4.79 Å². The molecule has 21 heavy (non-hydrogen) atoms. The number of carbonyl (C=O) groups is 2. The fourth-order valence-corrected chi connectivity index (χ4v) is 1.92. The second kappa shape index (κ2) is 5.62. The number of anilines is 1. The van der Waals surface area contributed by atoms with Gasteiger partial charge in [0.1, 0.15) is 0 Å². The minimum absolute atomic E-state index is 0.233. The van der Waals surface area contributed by atoms with Crippen molar-refractivity contribution in [1.82, 2.24) is 5.32 Å². The van der Waals surface area contributed by atoms with Crippen molar-refractivity contribution in [3.05, 3.63) is 47.2 Å². The van der Waals surface area contributed by atoms with Crippen molar-refractivity contribution in [1.29, 1.82) is 0 Å². The molecule has 0 radical (unpaired) electrons. The predicted octanol–water partition coefficient (Wildman–Crippen LogP) is 1.65. The Balaban J connectivity index is 2.45. The molecule has 0 spiro atoms. The van der Waals surface area contributed by atoms with Gasteiger partial charge in [0.25, 0.3) is 0 Å². The lowest BCUT2D eigenvalue weighted by molar-refractivity contribution is -0.110. The third kappa shape index (κ3) is 3.36. The van der Waals surface area contributed by atoms with Crippen LogP contribution in [0.3, 0.4) is 0 Å². The molecule has 0 atom stereocenters. The van der Waals surface area contributed by atoms with Gasteiger partial charge in [-0.25, -0.2) is 9.79 Å². The van der Waals surface area contributed by atoms with Gasteiger partial charge < -0.3 is 16.8 Å². The van der Waals surface area contributed by atoms with Crippen molar-refractivity contribution in [2.45, 2.75) is 13.8 Å². The summed E-state index contributed by atoms with van der Waals surface area (Å²) in [6.07, 6.45) is 4.20. The van der Waals surface area contributed by atoms with Crippen molar-refractivity contribution in [2.24, 2.45) is 10.7 Å². The largest absolute Gasteiger partial charge is 0.399 e. The molecule has 2 amide bonds. The second-order valence-electron chi connectivity index (χ2n) is 4.78. The first-order valence-electron chi connectivity index (χ1n) is 6.33. The number of carbonyl (C=O) groups excluding carboxylic acids is 2. The Kier molecular flexibility index (Phi) is 3.89. The van der Waals surface area contributed by atoms with E-state index in [4.69, 9.17) is 11.5 Å². The average molecular weight is 284 g/mol. The Hall–Kier alpha value is -2.89. The number of benzene rings is 1. The Bertz CT molecular complexity index is 715. The zero-order valence-electron chi connectivity index (χ0n) is 11.8. The third-order valence-electron chi connectivity index (χ3n) is 3.05. The maximum Gasteiger partial charge on any atom is 0.316 e. The maximum atomic E-state index is 11.4. The zero-order chi connectivity index (χ0) is 15.6. The fraction of sp³-hybridized carbons (Fsp3) is 0.133. The Morgan fingerprint density at radius 1 is 1.19 bits per heavy atom. The van der Waals surface area contributed by atoms with Crippen LogP contribution in [0.2, 0.25) is 0 Å². The highest BCUT2D eigenvalue weighted by molar-refractivity contribution is 6.21. The smallest absolute Gasteiger partial charge is 0.316 e. The van der Waals surface area contributed by atoms with Crippen molar-refractivity contribution < 1.29 is 9.59 Å². The van der Waals surface area contributed by atoms with E-state index in [1.807, 2.05) is 26.0 Å². The summed E-state index contributed by atoms with van der Waals surface area (Å²) in [5.74, 6) is -0.233. The lowest BCUT2D eigenvalue weighted by atomic mass is 10.1. The van der Waals surface area contributed by atoms with E-state index >= 15 is 0 Å². The number of nitrogens with two attached hydrogens (primary N) is 2. The lowest BCUT2D eigenvalue weighted by Gasteiger charge is -2.12. The number of aliphatic imine (C=N–C) groups is 1. The van der Waals surface area contributed by atoms with E-state index in [1.54, 1.807) is 6.08 Å². The molecule has 2 rings (SSSR count). The quantitative estimate of drug-likeness (QED) is 0.567. The van der Waals surface area contributed by atoms with Crippen LogP contribution in [0, 0.1) is 13.8 Å². The molecule has 0 aliphatic heterocycles. The molecule has 1 aromatic rings. The number of amides is 2. The van der Waals surface area contributed by atoms with Gasteiger partial charge >= 0.3 is 6.03 Å². The number of allylic oxidation sites excluding steroid dienone is 3. The SMILES string of the molecule is Cc1cc(N=C2C=CC(=O)C=C2NC(N)=O)c(C)cc1N. The predicted molar refractivity (Wildman–Crippen MR) is 82.4 cm³/mol. The highest BCUT2D eigenvalue weighted by Crippen LogP contribution is 2.25. The van der Waals surface area contributed by atoms with E-state index < -0.39 is 6.03 Å². The summed E-state index contributed by atoms with van der Waals surface area (Å²) in [4.78, 5) is 26.9. The Labute approximate surface area is 122 Å². The fourth-order valence-electron chi connectivity index (χ4n) is 1.92. The second-order valence-corrected chi connectivity index (χ2v) is 4.78. The van der Waals surface area contributed by atoms with Gasteiger partial charge in [0.15, 0.2) is 5.78 Å². The van der Waals surface area contributed by atoms with Crippen LogP contribution >= 0.6 is 0 Å². The first-order chi connectivity index (χ1) is 9.86. The minimum atomic E-state index is -0.748. The highest BCUT2D eigenvalue weighted by Gasteiger charge is 2.14. The molecular formula is C15H16N4O2. The summed E-state index contributed by atoms with van der Waals surface area (Å²) in [7, 11) is 0. The van der Waals surface area contributed by atoms with Gasteiger partial charge in [0, 0.05) is 11.8 Å². The van der Waals surface area contributed by atoms with E-state index in [0.717, 1.165) is 11.1 Å². The molecule has 1 aromatic carbocycles. The molecule has 0 heterocycles. The molecule has 0 fully saturated rings. The van der Waals surface area contributed by atoms with Crippen LogP contribution < -0.4 is 16.8 Å². The zero-order valence-corrected chi connectivity index (χ0v) is 11.8. The van der Waals surface area contributed by atoms with E-state index in [0.29, 0.717) is 17.1 Å². The van der Waals surface area contributed by atoms with Crippen LogP contribution in [-0.2, 0) is 4.79 Å². The Morgan fingerprint density at radius 3 is 2.57 bits per heavy atom. The van der Waals surface area contributed by atoms with Gasteiger partial charge in [-0.15, -0.1) is 0 Å². The van der Waals surface area contributed by atoms with Gasteiger partial charge in [0.2, 0.25) is 0 Å². The molecule has 0 bridgehead atoms. The molecule has 0 saturated heterocycles. The standard InChI is InChI=1S/C15H16N4O2/c1-8-6-13(9(2)5-11(8)16)18-12-4-3-10(20)7-14(12)19-15(17)21/h3-7H,16H2,1-2H3,(H3,17,19,21). The number of primary amides is 1. The lowest BCUT2D eigenvalue weighted by Crippen LogP contribution is -2.33. The summed E-state index contributed by atoms with van der Waals surface area (Å²) in [6.45, 7) is 3.77. The van der Waals surface area contributed by atoms with E-state index in [-0.39, 0.29) is 11.5 Å². The topological polar surface area (TPSA) is 111 Å². The number of nitrogens with one attached hydrogen (secondary N) is 1. The van der Waals surface area contributed by atoms with Crippen LogP contribution in [-0.4, -0.2) is 17.5 Å². The summed E-state index contributed by atoms with van der Waals surface area (Å²) in [6, 6.07) is 2.93. The van der Waals surface area contributed by atoms with E-state index in [2.05, 4.69) is 10.3 Å². The molecule has 5 N–H and O–H groups in total. The van der Waals surface area contributed by atoms with Crippen LogP contribution in [0.25, 0.3) is 0 Å². The van der Waals surface area contributed by atoms with Crippen molar-refractivity contribution in [3.63, 3.8) is 0 Å². The first-order valence-corrected chi connectivity index (χ1v) is 6.33. The van der Waals surface area contributed by atoms with Crippen LogP contribution in [0.15, 0.2) is 41.1 Å². The van der Waals surface area contributed by atoms with Gasteiger partial charge in [-0.05, 0) is 49.3 Å². The number of rotatable bonds is 2. The summed E-state index contributed by atoms with van der Waals surface area (Å²) < 4.78 is 0. The molecular weight excluding hydrogens is 268 g/mol. The minimum Gasteiger partial charge on any atom is -0.399 e. The van der Waals surface area contributed by atoms with Crippen molar-refractivity contribution in [3.8, 4) is 0 Å². The van der Waals surface area contributed by atoms with Crippen molar-refractivity contribution in [2.75, 3.05) is 5.73 Å². The molecule has 0 aromatic heterocycles. The first kappa shape index (κ1) is 14.5. The molecule has 1 aliphatic rings. The normalized spacial score (nSPS) is 16.0. The molecule has 6 nitrogen and oxygen atoms in total. The van der Waals surface area contributed by atoms with Crippen LogP contribution in [0.5, 0.6) is 0 Å². The number of urea groups is 1. The maximum absolute atomic E-state index is 11.4. The average Bonchev–Trinajstić information content (AvgIpc) is 2.38. The number of aryl methyl sites for hydroxylation is 2. The van der Waals surface area contributed by atoms with Gasteiger partial charge in [-0.1, -0.05) is 0 Å². The number of hydrogen-bond acceptors (Lipinski definition) is 4. The molecule has 0 unspecified atom stereocenters. The number of hydrogen-bond donors (Lipinski definition) is 3. The van der Waals surface area contributed by atoms with E-state index in [9.17, 15) is 9.59 Å². The van der Waals surface area contributed by atoms with E-state index in [1.165, 1.54) is 12.2 Å². The summed E-state index contributed by atoms with van der Waals surface area (Å²) >= 11 is 0. The summed E-state index contributed by atoms with van der Waals surface area (Å²) in [5.41, 5.74) is 14.9. The molecule has 108 valence electrons. The number of ketones is 1. The number of nitrogens with zero attached hydrogens (tertiary/aromatic N) is 1. The third-order valence-corrected chi connectivity index (χ3v) is 3.05. The van der Waals surface area contributed by atoms with Crippen LogP contribution in [0.4, 0.5) is 16.2 Å². The monoisotopic (exact) mass is 284 g/mol. The van der Waals surface area contributed by atoms with Crippen molar-refractivity contribution >= 4 is 28.9 Å². The molecule has 0 saturated carbocycles. The number of nitrogen functional groups attached to an aromatic ring is 1. The van der Waals surface area contributed by atoms with Crippen LogP contribution in [0.1, 0.15) is 11.1 Å². The molecule has 1 aliphatic carbocycles. The summed E-state index contributed by atoms with van der Waals surface area (Å²) in [5, 5.41) is 2.40. The molecule has 6 heteroatoms. The van der Waals surface area contributed by atoms with Gasteiger partial charge in [-0.2, -0.15) is 0 Å². The Morgan fingerprint density at radius 2 is 1.90 bits per heavy atom. The highest BCUT2D eigenvalue weighted by atomic mass is 16.2. The van der Waals surface area contributed by atoms with Gasteiger partial charge in [0.05, 0.1) is 17.1 Å².